The zero-order valence-electron chi connectivity index (χ0n) is 13.3. The number of hydrogen-bond acceptors (Lipinski definition) is 3. The van der Waals surface area contributed by atoms with Gasteiger partial charge in [0.05, 0.1) is 17.0 Å². The molecule has 5 nitrogen and oxygen atoms in total. The summed E-state index contributed by atoms with van der Waals surface area (Å²) < 4.78 is 0. The van der Waals surface area contributed by atoms with Gasteiger partial charge in [0.1, 0.15) is 5.82 Å². The standard InChI is InChI=1S/C18H17N3O2/c1-9-19-8-11-7-18(2,3)14-12-6-10(17(22)23)4-5-13(12)21-16(14)15(11)20-9/h4-6,8,21H,7H2,1-3H3,(H,22,23). The Kier molecular flexibility index (Phi) is 2.67. The molecule has 0 saturated heterocycles. The van der Waals surface area contributed by atoms with Crippen molar-refractivity contribution in [2.75, 3.05) is 0 Å². The number of H-pyrrole nitrogens is 1. The van der Waals surface area contributed by atoms with Gasteiger partial charge in [0.15, 0.2) is 0 Å². The fourth-order valence-corrected chi connectivity index (χ4v) is 3.61. The summed E-state index contributed by atoms with van der Waals surface area (Å²) in [5.41, 5.74) is 5.31. The van der Waals surface area contributed by atoms with E-state index in [0.717, 1.165) is 45.7 Å². The summed E-state index contributed by atoms with van der Waals surface area (Å²) in [6.07, 6.45) is 2.73. The first-order valence-electron chi connectivity index (χ1n) is 7.59. The summed E-state index contributed by atoms with van der Waals surface area (Å²) in [5, 5.41) is 10.2. The van der Waals surface area contributed by atoms with Gasteiger partial charge in [0, 0.05) is 17.1 Å². The number of nitrogens with zero attached hydrogens (tertiary/aromatic N) is 2. The molecule has 0 amide bonds. The third-order valence-corrected chi connectivity index (χ3v) is 4.58. The highest BCUT2D eigenvalue weighted by Crippen LogP contribution is 2.45. The van der Waals surface area contributed by atoms with Crippen molar-refractivity contribution in [2.45, 2.75) is 32.6 Å². The predicted octanol–water partition coefficient (Wildman–Crippen LogP) is 3.47. The number of fused-ring (bicyclic) bond motifs is 5. The van der Waals surface area contributed by atoms with Gasteiger partial charge in [-0.1, -0.05) is 13.8 Å². The third kappa shape index (κ3) is 1.96. The number of carboxylic acid groups (broad SMARTS) is 1. The highest BCUT2D eigenvalue weighted by molar-refractivity contribution is 5.98. The van der Waals surface area contributed by atoms with Crippen molar-refractivity contribution < 1.29 is 9.90 Å². The van der Waals surface area contributed by atoms with Crippen LogP contribution in [0.2, 0.25) is 0 Å². The van der Waals surface area contributed by atoms with Crippen LogP contribution in [0.25, 0.3) is 22.3 Å². The van der Waals surface area contributed by atoms with Crippen LogP contribution in [0.15, 0.2) is 24.4 Å². The van der Waals surface area contributed by atoms with E-state index in [1.807, 2.05) is 19.2 Å². The summed E-state index contributed by atoms with van der Waals surface area (Å²) in [4.78, 5) is 23.7. The summed E-state index contributed by atoms with van der Waals surface area (Å²) in [6.45, 7) is 6.23. The highest BCUT2D eigenvalue weighted by atomic mass is 16.4. The van der Waals surface area contributed by atoms with E-state index in [9.17, 15) is 9.90 Å². The van der Waals surface area contributed by atoms with Crippen LogP contribution in [0, 0.1) is 6.92 Å². The van der Waals surface area contributed by atoms with E-state index in [-0.39, 0.29) is 5.41 Å². The summed E-state index contributed by atoms with van der Waals surface area (Å²) in [5.74, 6) is -0.173. The van der Waals surface area contributed by atoms with Gasteiger partial charge in [-0.25, -0.2) is 14.8 Å². The fraction of sp³-hybridized carbons (Fsp3) is 0.278. The Hall–Kier alpha value is -2.69. The Morgan fingerprint density at radius 1 is 1.35 bits per heavy atom. The number of aromatic amines is 1. The second-order valence-corrected chi connectivity index (χ2v) is 6.79. The predicted molar refractivity (Wildman–Crippen MR) is 87.8 cm³/mol. The number of aromatic carboxylic acids is 1. The second kappa shape index (κ2) is 4.41. The van der Waals surface area contributed by atoms with Gasteiger partial charge in [-0.2, -0.15) is 0 Å². The monoisotopic (exact) mass is 307 g/mol. The molecule has 0 saturated carbocycles. The molecule has 1 aliphatic rings. The van der Waals surface area contributed by atoms with Gasteiger partial charge in [0.2, 0.25) is 0 Å². The number of rotatable bonds is 1. The Balaban J connectivity index is 2.09. The maximum atomic E-state index is 11.3. The highest BCUT2D eigenvalue weighted by Gasteiger charge is 2.35. The molecule has 0 spiro atoms. The van der Waals surface area contributed by atoms with Crippen molar-refractivity contribution in [3.05, 3.63) is 46.9 Å². The molecule has 2 N–H and O–H groups in total. The van der Waals surface area contributed by atoms with Gasteiger partial charge in [-0.15, -0.1) is 0 Å². The summed E-state index contributed by atoms with van der Waals surface area (Å²) >= 11 is 0. The van der Waals surface area contributed by atoms with Crippen LogP contribution in [0.5, 0.6) is 0 Å². The largest absolute Gasteiger partial charge is 0.478 e. The molecule has 0 atom stereocenters. The third-order valence-electron chi connectivity index (χ3n) is 4.58. The number of carboxylic acids is 1. The smallest absolute Gasteiger partial charge is 0.335 e. The molecule has 0 radical (unpaired) electrons. The van der Waals surface area contributed by atoms with E-state index in [1.54, 1.807) is 12.1 Å². The first-order chi connectivity index (χ1) is 10.9. The average molecular weight is 307 g/mol. The van der Waals surface area contributed by atoms with E-state index in [0.29, 0.717) is 5.56 Å². The molecule has 4 rings (SSSR count). The van der Waals surface area contributed by atoms with Crippen LogP contribution in [-0.4, -0.2) is 26.0 Å². The lowest BCUT2D eigenvalue weighted by Crippen LogP contribution is -2.26. The molecule has 1 aromatic carbocycles. The van der Waals surface area contributed by atoms with Gasteiger partial charge in [0.25, 0.3) is 0 Å². The zero-order valence-corrected chi connectivity index (χ0v) is 13.3. The normalized spacial score (nSPS) is 15.3. The molecule has 1 aliphatic carbocycles. The maximum absolute atomic E-state index is 11.3. The SMILES string of the molecule is Cc1ncc2c(n1)-c1[nH]c3ccc(C(=O)O)cc3c1C(C)(C)C2. The van der Waals surface area contributed by atoms with Crippen molar-refractivity contribution in [1.29, 1.82) is 0 Å². The van der Waals surface area contributed by atoms with Gasteiger partial charge >= 0.3 is 5.97 Å². The van der Waals surface area contributed by atoms with Crippen molar-refractivity contribution >= 4 is 16.9 Å². The molecule has 23 heavy (non-hydrogen) atoms. The molecule has 3 aromatic rings. The van der Waals surface area contributed by atoms with Crippen molar-refractivity contribution in [3.8, 4) is 11.4 Å². The Bertz CT molecular complexity index is 970. The van der Waals surface area contributed by atoms with E-state index >= 15 is 0 Å². The Morgan fingerprint density at radius 3 is 2.87 bits per heavy atom. The number of carbonyl (C=O) groups is 1. The lowest BCUT2D eigenvalue weighted by Gasteiger charge is -2.31. The lowest BCUT2D eigenvalue weighted by molar-refractivity contribution is 0.0697. The van der Waals surface area contributed by atoms with Crippen molar-refractivity contribution in [2.24, 2.45) is 0 Å². The van der Waals surface area contributed by atoms with Crippen LogP contribution in [0.1, 0.15) is 41.2 Å². The van der Waals surface area contributed by atoms with Crippen LogP contribution in [0.4, 0.5) is 0 Å². The first kappa shape index (κ1) is 13.9. The summed E-state index contributed by atoms with van der Waals surface area (Å²) in [6, 6.07) is 5.22. The topological polar surface area (TPSA) is 78.9 Å². The lowest BCUT2D eigenvalue weighted by atomic mass is 9.73. The van der Waals surface area contributed by atoms with Crippen molar-refractivity contribution in [1.82, 2.24) is 15.0 Å². The van der Waals surface area contributed by atoms with Crippen LogP contribution < -0.4 is 0 Å². The van der Waals surface area contributed by atoms with Crippen LogP contribution in [0.3, 0.4) is 0 Å². The van der Waals surface area contributed by atoms with Crippen LogP contribution in [-0.2, 0) is 11.8 Å². The van der Waals surface area contributed by atoms with Crippen LogP contribution >= 0.6 is 0 Å². The number of aromatic nitrogens is 3. The summed E-state index contributed by atoms with van der Waals surface area (Å²) in [7, 11) is 0. The minimum Gasteiger partial charge on any atom is -0.478 e. The Morgan fingerprint density at radius 2 is 2.13 bits per heavy atom. The molecule has 0 bridgehead atoms. The van der Waals surface area contributed by atoms with Gasteiger partial charge < -0.3 is 10.1 Å². The van der Waals surface area contributed by atoms with Gasteiger partial charge in [-0.3, -0.25) is 0 Å². The number of nitrogens with one attached hydrogen (secondary N) is 1. The molecular weight excluding hydrogens is 290 g/mol. The van der Waals surface area contributed by atoms with E-state index in [2.05, 4.69) is 28.8 Å². The molecular formula is C18H17N3O2. The number of benzene rings is 1. The number of aryl methyl sites for hydroxylation is 1. The zero-order chi connectivity index (χ0) is 16.4. The molecule has 2 aromatic heterocycles. The quantitative estimate of drug-likeness (QED) is 0.721. The van der Waals surface area contributed by atoms with E-state index < -0.39 is 5.97 Å². The molecule has 2 heterocycles. The molecule has 5 heteroatoms. The minimum absolute atomic E-state index is 0.115. The molecule has 116 valence electrons. The second-order valence-electron chi connectivity index (χ2n) is 6.79. The molecule has 0 fully saturated rings. The fourth-order valence-electron chi connectivity index (χ4n) is 3.61. The van der Waals surface area contributed by atoms with E-state index in [4.69, 9.17) is 0 Å². The number of hydrogen-bond donors (Lipinski definition) is 2. The minimum atomic E-state index is -0.908. The maximum Gasteiger partial charge on any atom is 0.335 e. The first-order valence-corrected chi connectivity index (χ1v) is 7.59. The molecule has 0 aliphatic heterocycles. The van der Waals surface area contributed by atoms with Crippen molar-refractivity contribution in [3.63, 3.8) is 0 Å². The van der Waals surface area contributed by atoms with E-state index in [1.165, 1.54) is 0 Å². The average Bonchev–Trinajstić information content (AvgIpc) is 2.87. The Labute approximate surface area is 133 Å². The molecule has 0 unspecified atom stereocenters. The van der Waals surface area contributed by atoms with Gasteiger partial charge in [-0.05, 0) is 48.1 Å².